The molecule has 0 saturated carbocycles. The van der Waals surface area contributed by atoms with E-state index < -0.39 is 9.84 Å². The third kappa shape index (κ3) is 3.83. The number of hydrogen-bond acceptors (Lipinski definition) is 4. The number of pyridine rings is 1. The van der Waals surface area contributed by atoms with E-state index in [1.165, 1.54) is 11.1 Å². The van der Waals surface area contributed by atoms with Gasteiger partial charge in [0.05, 0.1) is 22.0 Å². The molecule has 0 saturated heterocycles. The second kappa shape index (κ2) is 8.71. The summed E-state index contributed by atoms with van der Waals surface area (Å²) in [6, 6.07) is 38.7. The molecule has 4 nitrogen and oxygen atoms in total. The smallest absolute Gasteiger partial charge is 0.223 e. The first kappa shape index (κ1) is 23.2. The Morgan fingerprint density at radius 2 is 1.24 bits per heavy atom. The molecule has 0 atom stereocenters. The van der Waals surface area contributed by atoms with Gasteiger partial charge < -0.3 is 4.90 Å². The van der Waals surface area contributed by atoms with E-state index in [4.69, 9.17) is 0 Å². The summed E-state index contributed by atoms with van der Waals surface area (Å²) in [4.78, 5) is 7.10. The minimum absolute atomic E-state index is 0.0389. The molecule has 0 aliphatic carbocycles. The van der Waals surface area contributed by atoms with Crippen LogP contribution in [0, 0.1) is 0 Å². The zero-order chi connectivity index (χ0) is 25.6. The van der Waals surface area contributed by atoms with Crippen LogP contribution in [-0.2, 0) is 15.3 Å². The van der Waals surface area contributed by atoms with Crippen LogP contribution in [0.1, 0.15) is 25.0 Å². The lowest BCUT2D eigenvalue weighted by molar-refractivity contribution is 0.592. The number of anilines is 3. The minimum atomic E-state index is -3.71. The zero-order valence-electron chi connectivity index (χ0n) is 20.7. The van der Waals surface area contributed by atoms with Crippen LogP contribution in [0.3, 0.4) is 0 Å². The van der Waals surface area contributed by atoms with Gasteiger partial charge in [0, 0.05) is 16.7 Å². The van der Waals surface area contributed by atoms with Crippen LogP contribution in [0.5, 0.6) is 0 Å². The van der Waals surface area contributed by atoms with Crippen molar-refractivity contribution in [3.8, 4) is 11.3 Å². The first-order chi connectivity index (χ1) is 17.9. The van der Waals surface area contributed by atoms with Crippen molar-refractivity contribution in [1.29, 1.82) is 0 Å². The van der Waals surface area contributed by atoms with E-state index in [1.807, 2.05) is 18.2 Å². The topological polar surface area (TPSA) is 50.3 Å². The number of aromatic nitrogens is 1. The van der Waals surface area contributed by atoms with Crippen LogP contribution in [0.2, 0.25) is 0 Å². The highest BCUT2D eigenvalue weighted by Crippen LogP contribution is 2.51. The summed E-state index contributed by atoms with van der Waals surface area (Å²) in [7, 11) is -3.71. The molecule has 4 aromatic carbocycles. The van der Waals surface area contributed by atoms with Gasteiger partial charge in [0.25, 0.3) is 0 Å². The van der Waals surface area contributed by atoms with Gasteiger partial charge in [-0.2, -0.15) is 0 Å². The molecular weight excluding hydrogens is 476 g/mol. The molecule has 0 spiro atoms. The Bertz CT molecular complexity index is 1680. The molecular formula is C32H26N2O2S. The Morgan fingerprint density at radius 1 is 0.649 bits per heavy atom. The highest BCUT2D eigenvalue weighted by molar-refractivity contribution is 7.91. The van der Waals surface area contributed by atoms with Crippen molar-refractivity contribution in [1.82, 2.24) is 4.98 Å². The summed E-state index contributed by atoms with van der Waals surface area (Å²) in [5.74, 6) is 0. The van der Waals surface area contributed by atoms with Gasteiger partial charge in [-0.3, -0.25) is 0 Å². The van der Waals surface area contributed by atoms with Gasteiger partial charge in [-0.1, -0.05) is 86.6 Å². The first-order valence-electron chi connectivity index (χ1n) is 12.2. The van der Waals surface area contributed by atoms with E-state index in [0.29, 0.717) is 5.69 Å². The second-order valence-corrected chi connectivity index (χ2v) is 11.6. The van der Waals surface area contributed by atoms with Crippen molar-refractivity contribution in [2.24, 2.45) is 0 Å². The molecule has 5 aromatic rings. The van der Waals surface area contributed by atoms with Crippen molar-refractivity contribution >= 4 is 26.9 Å². The number of para-hydroxylation sites is 2. The molecule has 37 heavy (non-hydrogen) atoms. The molecule has 182 valence electrons. The quantitative estimate of drug-likeness (QED) is 0.253. The molecule has 0 N–H and O–H groups in total. The summed E-state index contributed by atoms with van der Waals surface area (Å²) in [5, 5.41) is 0.0389. The number of sulfone groups is 1. The van der Waals surface area contributed by atoms with Crippen molar-refractivity contribution in [2.45, 2.75) is 29.2 Å². The minimum Gasteiger partial charge on any atom is -0.310 e. The summed E-state index contributed by atoms with van der Waals surface area (Å²) >= 11 is 0. The lowest BCUT2D eigenvalue weighted by Crippen LogP contribution is -2.30. The fourth-order valence-electron chi connectivity index (χ4n) is 5.20. The highest BCUT2D eigenvalue weighted by atomic mass is 32.2. The van der Waals surface area contributed by atoms with Crippen molar-refractivity contribution < 1.29 is 8.42 Å². The van der Waals surface area contributed by atoms with Crippen LogP contribution >= 0.6 is 0 Å². The SMILES string of the molecule is CC1(C)c2ccccc2N(c2cccc(-c3cccc(S(=O)(=O)c4ccccc4)n3)c2)c2ccccc21. The summed E-state index contributed by atoms with van der Waals surface area (Å²) in [6.45, 7) is 4.53. The Labute approximate surface area is 217 Å². The largest absolute Gasteiger partial charge is 0.310 e. The van der Waals surface area contributed by atoms with Crippen LogP contribution in [0.4, 0.5) is 17.1 Å². The van der Waals surface area contributed by atoms with Crippen molar-refractivity contribution in [3.63, 3.8) is 0 Å². The maximum Gasteiger partial charge on any atom is 0.223 e. The third-order valence-electron chi connectivity index (χ3n) is 7.09. The van der Waals surface area contributed by atoms with Crippen LogP contribution in [0.15, 0.2) is 131 Å². The monoisotopic (exact) mass is 502 g/mol. The molecule has 0 bridgehead atoms. The first-order valence-corrected chi connectivity index (χ1v) is 13.7. The molecule has 6 rings (SSSR count). The van der Waals surface area contributed by atoms with Gasteiger partial charge >= 0.3 is 0 Å². The molecule has 2 heterocycles. The predicted molar refractivity (Wildman–Crippen MR) is 148 cm³/mol. The van der Waals surface area contributed by atoms with Gasteiger partial charge in [-0.15, -0.1) is 0 Å². The lowest BCUT2D eigenvalue weighted by atomic mass is 9.73. The van der Waals surface area contributed by atoms with E-state index in [9.17, 15) is 8.42 Å². The van der Waals surface area contributed by atoms with Crippen LogP contribution in [-0.4, -0.2) is 13.4 Å². The molecule has 1 aromatic heterocycles. The Hall–Kier alpha value is -4.22. The second-order valence-electron chi connectivity index (χ2n) is 9.72. The Kier molecular flexibility index (Phi) is 5.46. The van der Waals surface area contributed by atoms with Gasteiger partial charge in [0.1, 0.15) is 0 Å². The van der Waals surface area contributed by atoms with Crippen molar-refractivity contribution in [2.75, 3.05) is 4.90 Å². The normalized spacial score (nSPS) is 14.1. The van der Waals surface area contributed by atoms with E-state index in [-0.39, 0.29) is 15.3 Å². The average molecular weight is 503 g/mol. The summed E-state index contributed by atoms with van der Waals surface area (Å²) < 4.78 is 26.4. The van der Waals surface area contributed by atoms with Gasteiger partial charge in [0.15, 0.2) is 5.03 Å². The maximum atomic E-state index is 13.2. The number of fused-ring (bicyclic) bond motifs is 2. The van der Waals surface area contributed by atoms with E-state index in [0.717, 1.165) is 22.6 Å². The standard InChI is InChI=1S/C32H26N2O2S/c1-32(2)26-16-6-8-19-29(26)34(30-20-9-7-17-27(30)32)24-13-10-12-23(22-24)28-18-11-21-31(33-28)37(35,36)25-14-4-3-5-15-25/h3-22H,1-2H3. The number of hydrogen-bond donors (Lipinski definition) is 0. The van der Waals surface area contributed by atoms with E-state index >= 15 is 0 Å². The van der Waals surface area contributed by atoms with Gasteiger partial charge in [-0.25, -0.2) is 13.4 Å². The highest BCUT2D eigenvalue weighted by Gasteiger charge is 2.36. The lowest BCUT2D eigenvalue weighted by Gasteiger charge is -2.42. The fourth-order valence-corrected chi connectivity index (χ4v) is 6.43. The Morgan fingerprint density at radius 3 is 1.92 bits per heavy atom. The average Bonchev–Trinajstić information content (AvgIpc) is 2.94. The van der Waals surface area contributed by atoms with Crippen LogP contribution in [0.25, 0.3) is 11.3 Å². The summed E-state index contributed by atoms with van der Waals surface area (Å²) in [6.07, 6.45) is 0. The molecule has 0 radical (unpaired) electrons. The van der Waals surface area contributed by atoms with E-state index in [1.54, 1.807) is 42.5 Å². The molecule has 0 amide bonds. The fraction of sp³-hybridized carbons (Fsp3) is 0.0938. The number of benzene rings is 4. The van der Waals surface area contributed by atoms with Gasteiger partial charge in [-0.05, 0) is 59.7 Å². The number of rotatable bonds is 4. The van der Waals surface area contributed by atoms with Gasteiger partial charge in [0.2, 0.25) is 9.84 Å². The number of nitrogens with zero attached hydrogens (tertiary/aromatic N) is 2. The summed E-state index contributed by atoms with van der Waals surface area (Å²) in [5.41, 5.74) is 7.10. The predicted octanol–water partition coefficient (Wildman–Crippen LogP) is 7.69. The molecule has 1 aliphatic rings. The van der Waals surface area contributed by atoms with Crippen molar-refractivity contribution in [3.05, 3.63) is 132 Å². The molecule has 0 unspecified atom stereocenters. The van der Waals surface area contributed by atoms with E-state index in [2.05, 4.69) is 84.4 Å². The zero-order valence-corrected chi connectivity index (χ0v) is 21.5. The third-order valence-corrected chi connectivity index (χ3v) is 8.76. The maximum absolute atomic E-state index is 13.2. The molecule has 5 heteroatoms. The van der Waals surface area contributed by atoms with Crippen LogP contribution < -0.4 is 4.90 Å². The molecule has 1 aliphatic heterocycles. The Balaban J connectivity index is 1.47. The molecule has 0 fully saturated rings.